The summed E-state index contributed by atoms with van der Waals surface area (Å²) in [5.41, 5.74) is 1.35. The number of aliphatic hydroxyl groups excluding tert-OH is 1. The largest absolute Gasteiger partial charge is 0.463 e. The van der Waals surface area contributed by atoms with Crippen LogP contribution in [0.2, 0.25) is 0 Å². The van der Waals surface area contributed by atoms with Crippen LogP contribution in [0.15, 0.2) is 34.9 Å². The SMILES string of the molecule is CN(CCCCCO)C(=O)c1coc2ccccc12. The Bertz CT molecular complexity index is 547. The summed E-state index contributed by atoms with van der Waals surface area (Å²) in [6, 6.07) is 7.54. The van der Waals surface area contributed by atoms with E-state index in [-0.39, 0.29) is 12.5 Å². The van der Waals surface area contributed by atoms with Crippen LogP contribution in [0.25, 0.3) is 11.0 Å². The molecule has 0 saturated heterocycles. The molecule has 0 spiro atoms. The van der Waals surface area contributed by atoms with Crippen molar-refractivity contribution in [3.63, 3.8) is 0 Å². The normalized spacial score (nSPS) is 10.8. The number of aliphatic hydroxyl groups is 1. The fourth-order valence-electron chi connectivity index (χ4n) is 2.09. The van der Waals surface area contributed by atoms with Crippen molar-refractivity contribution in [3.8, 4) is 0 Å². The molecule has 0 aliphatic rings. The molecule has 0 bridgehead atoms. The molecule has 102 valence electrons. The van der Waals surface area contributed by atoms with Crippen molar-refractivity contribution in [2.75, 3.05) is 20.2 Å². The van der Waals surface area contributed by atoms with Crippen LogP contribution in [0, 0.1) is 0 Å². The van der Waals surface area contributed by atoms with Gasteiger partial charge in [-0.15, -0.1) is 0 Å². The lowest BCUT2D eigenvalue weighted by Crippen LogP contribution is -2.27. The monoisotopic (exact) mass is 261 g/mol. The highest BCUT2D eigenvalue weighted by Crippen LogP contribution is 2.21. The van der Waals surface area contributed by atoms with E-state index in [0.29, 0.717) is 12.1 Å². The van der Waals surface area contributed by atoms with Gasteiger partial charge < -0.3 is 14.4 Å². The summed E-state index contributed by atoms with van der Waals surface area (Å²) in [4.78, 5) is 14.0. The quantitative estimate of drug-likeness (QED) is 0.813. The van der Waals surface area contributed by atoms with E-state index in [4.69, 9.17) is 9.52 Å². The Morgan fingerprint density at radius 1 is 1.26 bits per heavy atom. The van der Waals surface area contributed by atoms with Crippen LogP contribution >= 0.6 is 0 Å². The zero-order valence-electron chi connectivity index (χ0n) is 11.1. The summed E-state index contributed by atoms with van der Waals surface area (Å²) < 4.78 is 5.38. The third-order valence-electron chi connectivity index (χ3n) is 3.21. The minimum atomic E-state index is -0.0195. The van der Waals surface area contributed by atoms with Crippen LogP contribution in [0.3, 0.4) is 0 Å². The van der Waals surface area contributed by atoms with Crippen molar-refractivity contribution in [2.24, 2.45) is 0 Å². The van der Waals surface area contributed by atoms with E-state index in [1.54, 1.807) is 11.9 Å². The third kappa shape index (κ3) is 3.15. The second-order valence-electron chi connectivity index (χ2n) is 4.66. The van der Waals surface area contributed by atoms with Gasteiger partial charge >= 0.3 is 0 Å². The minimum absolute atomic E-state index is 0.0195. The average Bonchev–Trinajstić information content (AvgIpc) is 2.86. The van der Waals surface area contributed by atoms with Gasteiger partial charge in [-0.25, -0.2) is 0 Å². The molecule has 4 nitrogen and oxygen atoms in total. The zero-order valence-corrected chi connectivity index (χ0v) is 11.1. The first-order chi connectivity index (χ1) is 9.24. The number of hydrogen-bond donors (Lipinski definition) is 1. The molecule has 4 heteroatoms. The molecule has 0 saturated carbocycles. The highest BCUT2D eigenvalue weighted by molar-refractivity contribution is 6.05. The van der Waals surface area contributed by atoms with E-state index in [1.165, 1.54) is 6.26 Å². The van der Waals surface area contributed by atoms with Gasteiger partial charge in [-0.05, 0) is 25.3 Å². The van der Waals surface area contributed by atoms with E-state index in [1.807, 2.05) is 24.3 Å². The second-order valence-corrected chi connectivity index (χ2v) is 4.66. The number of amides is 1. The molecule has 1 aromatic heterocycles. The lowest BCUT2D eigenvalue weighted by atomic mass is 10.1. The Kier molecular flexibility index (Phi) is 4.58. The van der Waals surface area contributed by atoms with Gasteiger partial charge in [0, 0.05) is 25.6 Å². The summed E-state index contributed by atoms with van der Waals surface area (Å²) >= 11 is 0. The van der Waals surface area contributed by atoms with Crippen molar-refractivity contribution in [1.82, 2.24) is 4.90 Å². The van der Waals surface area contributed by atoms with E-state index < -0.39 is 0 Å². The van der Waals surface area contributed by atoms with E-state index in [9.17, 15) is 4.79 Å². The number of fused-ring (bicyclic) bond motifs is 1. The molecular formula is C15H19NO3. The molecule has 2 aromatic rings. The second kappa shape index (κ2) is 6.38. The fourth-order valence-corrected chi connectivity index (χ4v) is 2.09. The number of unbranched alkanes of at least 4 members (excludes halogenated alkanes) is 2. The predicted molar refractivity (Wildman–Crippen MR) is 74.1 cm³/mol. The van der Waals surface area contributed by atoms with Gasteiger partial charge in [0.2, 0.25) is 0 Å². The number of furan rings is 1. The van der Waals surface area contributed by atoms with Crippen molar-refractivity contribution >= 4 is 16.9 Å². The summed E-state index contributed by atoms with van der Waals surface area (Å²) in [6.07, 6.45) is 4.15. The minimum Gasteiger partial charge on any atom is -0.463 e. The number of carbonyl (C=O) groups is 1. The molecule has 0 atom stereocenters. The van der Waals surface area contributed by atoms with Gasteiger partial charge in [-0.1, -0.05) is 18.2 Å². The topological polar surface area (TPSA) is 53.7 Å². The van der Waals surface area contributed by atoms with Gasteiger partial charge in [0.15, 0.2) is 0 Å². The van der Waals surface area contributed by atoms with Gasteiger partial charge in [0.1, 0.15) is 11.8 Å². The molecule has 1 amide bonds. The Balaban J connectivity index is 2.02. The Hall–Kier alpha value is -1.81. The number of para-hydroxylation sites is 1. The Morgan fingerprint density at radius 3 is 2.84 bits per heavy atom. The first-order valence-corrected chi connectivity index (χ1v) is 6.56. The van der Waals surface area contributed by atoms with Crippen LogP contribution in [-0.2, 0) is 0 Å². The van der Waals surface area contributed by atoms with Gasteiger partial charge in [-0.2, -0.15) is 0 Å². The summed E-state index contributed by atoms with van der Waals surface area (Å²) in [5, 5.41) is 9.57. The van der Waals surface area contributed by atoms with Crippen LogP contribution in [0.5, 0.6) is 0 Å². The van der Waals surface area contributed by atoms with Crippen LogP contribution in [0.4, 0.5) is 0 Å². The maximum absolute atomic E-state index is 12.3. The molecule has 0 radical (unpaired) electrons. The molecule has 2 rings (SSSR count). The van der Waals surface area contributed by atoms with Crippen molar-refractivity contribution in [3.05, 3.63) is 36.1 Å². The first-order valence-electron chi connectivity index (χ1n) is 6.56. The smallest absolute Gasteiger partial charge is 0.257 e. The van der Waals surface area contributed by atoms with Crippen LogP contribution < -0.4 is 0 Å². The molecule has 0 fully saturated rings. The summed E-state index contributed by atoms with van der Waals surface area (Å²) in [5.74, 6) is -0.0195. The summed E-state index contributed by atoms with van der Waals surface area (Å²) in [6.45, 7) is 0.905. The molecule has 0 aliphatic carbocycles. The number of hydrogen-bond acceptors (Lipinski definition) is 3. The van der Waals surface area contributed by atoms with Crippen LogP contribution in [-0.4, -0.2) is 36.1 Å². The lowest BCUT2D eigenvalue weighted by molar-refractivity contribution is 0.0793. The predicted octanol–water partition coefficient (Wildman–Crippen LogP) is 2.67. The lowest BCUT2D eigenvalue weighted by Gasteiger charge is -2.16. The molecule has 1 N–H and O–H groups in total. The fraction of sp³-hybridized carbons (Fsp3) is 0.400. The molecule has 19 heavy (non-hydrogen) atoms. The molecule has 1 aromatic carbocycles. The molecular weight excluding hydrogens is 242 g/mol. The Morgan fingerprint density at radius 2 is 2.05 bits per heavy atom. The number of rotatable bonds is 6. The number of benzene rings is 1. The maximum Gasteiger partial charge on any atom is 0.257 e. The van der Waals surface area contributed by atoms with Crippen molar-refractivity contribution < 1.29 is 14.3 Å². The van der Waals surface area contributed by atoms with E-state index in [2.05, 4.69) is 0 Å². The first kappa shape index (κ1) is 13.6. The van der Waals surface area contributed by atoms with Crippen molar-refractivity contribution in [2.45, 2.75) is 19.3 Å². The van der Waals surface area contributed by atoms with Gasteiger partial charge in [0.25, 0.3) is 5.91 Å². The molecule has 1 heterocycles. The van der Waals surface area contributed by atoms with E-state index in [0.717, 1.165) is 30.2 Å². The molecule has 0 unspecified atom stereocenters. The average molecular weight is 261 g/mol. The maximum atomic E-state index is 12.3. The third-order valence-corrected chi connectivity index (χ3v) is 3.21. The van der Waals surface area contributed by atoms with Crippen molar-refractivity contribution in [1.29, 1.82) is 0 Å². The Labute approximate surface area is 112 Å². The number of nitrogens with zero attached hydrogens (tertiary/aromatic N) is 1. The zero-order chi connectivity index (χ0) is 13.7. The summed E-state index contributed by atoms with van der Waals surface area (Å²) in [7, 11) is 1.79. The standard InChI is InChI=1S/C15H19NO3/c1-16(9-5-2-6-10-17)15(18)13-11-19-14-8-4-3-7-12(13)14/h3-4,7-8,11,17H,2,5-6,9-10H2,1H3. The van der Waals surface area contributed by atoms with Gasteiger partial charge in [-0.3, -0.25) is 4.79 Å². The molecule has 0 aliphatic heterocycles. The number of carbonyl (C=O) groups excluding carboxylic acids is 1. The highest BCUT2D eigenvalue weighted by atomic mass is 16.3. The van der Waals surface area contributed by atoms with E-state index >= 15 is 0 Å². The highest BCUT2D eigenvalue weighted by Gasteiger charge is 2.16. The van der Waals surface area contributed by atoms with Gasteiger partial charge in [0.05, 0.1) is 5.56 Å². The van der Waals surface area contributed by atoms with Crippen LogP contribution in [0.1, 0.15) is 29.6 Å².